The average Bonchev–Trinajstić information content (AvgIpc) is 2.74. The van der Waals surface area contributed by atoms with Gasteiger partial charge in [0.15, 0.2) is 0 Å². The third-order valence-corrected chi connectivity index (χ3v) is 5.57. The zero-order valence-electron chi connectivity index (χ0n) is 15.4. The van der Waals surface area contributed by atoms with Crippen LogP contribution in [0.4, 0.5) is 0 Å². The van der Waals surface area contributed by atoms with Crippen molar-refractivity contribution in [2.45, 2.75) is 6.61 Å². The van der Waals surface area contributed by atoms with E-state index in [1.807, 2.05) is 18.2 Å². The normalized spacial score (nSPS) is 11.1. The summed E-state index contributed by atoms with van der Waals surface area (Å²) in [6.07, 6.45) is 1.73. The highest BCUT2D eigenvalue weighted by Gasteiger charge is 2.08. The molecule has 0 heterocycles. The Morgan fingerprint density at radius 2 is 1.73 bits per heavy atom. The highest BCUT2D eigenvalue weighted by Crippen LogP contribution is 2.29. The van der Waals surface area contributed by atoms with Crippen molar-refractivity contribution in [3.05, 3.63) is 97.4 Å². The summed E-state index contributed by atoms with van der Waals surface area (Å²) >= 11 is 15.4. The maximum atomic E-state index is 11.0. The van der Waals surface area contributed by atoms with Gasteiger partial charge in [0.25, 0.3) is 0 Å². The molecule has 7 heteroatoms. The molecule has 0 spiro atoms. The number of hydrogen-bond acceptors (Lipinski definition) is 3. The van der Waals surface area contributed by atoms with E-state index in [4.69, 9.17) is 33.0 Å². The molecule has 0 aliphatic heterocycles. The standard InChI is InChI=1S/C23H14BrCl2NO3/c24-19-10-14(9-18(12-27)16-3-5-17(6-4-16)23(28)29)2-8-22(19)30-13-15-1-7-20(25)21(26)11-15/h1-11H,13H2,(H,28,29)/b18-9-. The lowest BCUT2D eigenvalue weighted by atomic mass is 10.0. The Balaban J connectivity index is 1.76. The van der Waals surface area contributed by atoms with Crippen LogP contribution in [0.25, 0.3) is 11.6 Å². The van der Waals surface area contributed by atoms with E-state index >= 15 is 0 Å². The van der Waals surface area contributed by atoms with Gasteiger partial charge in [-0.15, -0.1) is 0 Å². The first kappa shape index (κ1) is 21.9. The Morgan fingerprint density at radius 1 is 1.03 bits per heavy atom. The van der Waals surface area contributed by atoms with Crippen molar-refractivity contribution in [1.82, 2.24) is 0 Å². The predicted octanol–water partition coefficient (Wildman–Crippen LogP) is 7.10. The molecule has 0 atom stereocenters. The van der Waals surface area contributed by atoms with Crippen LogP contribution in [0.2, 0.25) is 10.0 Å². The van der Waals surface area contributed by atoms with Gasteiger partial charge in [-0.05, 0) is 75.1 Å². The van der Waals surface area contributed by atoms with Crippen LogP contribution < -0.4 is 4.74 Å². The molecule has 1 N–H and O–H groups in total. The van der Waals surface area contributed by atoms with Crippen molar-refractivity contribution in [2.24, 2.45) is 0 Å². The third-order valence-electron chi connectivity index (χ3n) is 4.21. The molecule has 0 fully saturated rings. The highest BCUT2D eigenvalue weighted by atomic mass is 79.9. The SMILES string of the molecule is N#C/C(=C/c1ccc(OCc2ccc(Cl)c(Cl)c2)c(Br)c1)c1ccc(C(=O)O)cc1. The van der Waals surface area contributed by atoms with Crippen LogP contribution in [0.15, 0.2) is 65.1 Å². The first-order valence-corrected chi connectivity index (χ1v) is 10.2. The monoisotopic (exact) mass is 501 g/mol. The number of rotatable bonds is 6. The van der Waals surface area contributed by atoms with Gasteiger partial charge in [0, 0.05) is 0 Å². The van der Waals surface area contributed by atoms with E-state index in [1.165, 1.54) is 12.1 Å². The van der Waals surface area contributed by atoms with E-state index in [0.717, 1.165) is 15.6 Å². The number of aromatic carboxylic acids is 1. The zero-order chi connectivity index (χ0) is 21.7. The summed E-state index contributed by atoms with van der Waals surface area (Å²) in [5.74, 6) is -0.369. The molecule has 0 saturated heterocycles. The molecule has 0 aromatic heterocycles. The van der Waals surface area contributed by atoms with Crippen LogP contribution in [0.1, 0.15) is 27.0 Å². The van der Waals surface area contributed by atoms with Crippen molar-refractivity contribution in [3.8, 4) is 11.8 Å². The number of allylic oxidation sites excluding steroid dienone is 1. The van der Waals surface area contributed by atoms with Gasteiger partial charge in [0.2, 0.25) is 0 Å². The van der Waals surface area contributed by atoms with Gasteiger partial charge in [-0.2, -0.15) is 5.26 Å². The van der Waals surface area contributed by atoms with E-state index in [1.54, 1.807) is 36.4 Å². The van der Waals surface area contributed by atoms with Crippen LogP contribution in [0, 0.1) is 11.3 Å². The van der Waals surface area contributed by atoms with Gasteiger partial charge in [0.1, 0.15) is 12.4 Å². The number of halogens is 3. The number of nitriles is 1. The van der Waals surface area contributed by atoms with Gasteiger partial charge in [-0.3, -0.25) is 0 Å². The summed E-state index contributed by atoms with van der Waals surface area (Å²) in [6.45, 7) is 0.323. The molecule has 0 radical (unpaired) electrons. The van der Waals surface area contributed by atoms with E-state index in [9.17, 15) is 10.1 Å². The lowest BCUT2D eigenvalue weighted by molar-refractivity contribution is 0.0697. The first-order valence-electron chi connectivity index (χ1n) is 8.69. The smallest absolute Gasteiger partial charge is 0.335 e. The summed E-state index contributed by atoms with van der Waals surface area (Å²) in [7, 11) is 0. The summed E-state index contributed by atoms with van der Waals surface area (Å²) in [5, 5.41) is 19.5. The topological polar surface area (TPSA) is 70.3 Å². The lowest BCUT2D eigenvalue weighted by Crippen LogP contribution is -1.96. The van der Waals surface area contributed by atoms with Crippen LogP contribution in [-0.4, -0.2) is 11.1 Å². The number of carbonyl (C=O) groups is 1. The van der Waals surface area contributed by atoms with Crippen molar-refractivity contribution in [1.29, 1.82) is 5.26 Å². The fourth-order valence-corrected chi connectivity index (χ4v) is 3.49. The third kappa shape index (κ3) is 5.43. The van der Waals surface area contributed by atoms with Crippen LogP contribution in [0.3, 0.4) is 0 Å². The highest BCUT2D eigenvalue weighted by molar-refractivity contribution is 9.10. The molecule has 0 aliphatic rings. The van der Waals surface area contributed by atoms with E-state index in [0.29, 0.717) is 33.5 Å². The maximum absolute atomic E-state index is 11.0. The Hall–Kier alpha value is -2.78. The summed E-state index contributed by atoms with van der Waals surface area (Å²) in [4.78, 5) is 11.0. The van der Waals surface area contributed by atoms with Gasteiger partial charge in [-0.25, -0.2) is 4.79 Å². The molecule has 0 aliphatic carbocycles. The minimum Gasteiger partial charge on any atom is -0.488 e. The van der Waals surface area contributed by atoms with Gasteiger partial charge in [-0.1, -0.05) is 47.5 Å². The molecule has 0 bridgehead atoms. The van der Waals surface area contributed by atoms with Crippen molar-refractivity contribution >= 4 is 56.8 Å². The minimum absolute atomic E-state index is 0.169. The molecular weight excluding hydrogens is 489 g/mol. The maximum Gasteiger partial charge on any atom is 0.335 e. The zero-order valence-corrected chi connectivity index (χ0v) is 18.5. The van der Waals surface area contributed by atoms with Gasteiger partial charge < -0.3 is 9.84 Å². The van der Waals surface area contributed by atoms with Gasteiger partial charge >= 0.3 is 5.97 Å². The number of nitrogens with zero attached hydrogens (tertiary/aromatic N) is 1. The molecule has 0 amide bonds. The van der Waals surface area contributed by atoms with E-state index in [2.05, 4.69) is 22.0 Å². The number of carboxylic acids is 1. The number of benzene rings is 3. The Labute approximate surface area is 192 Å². The van der Waals surface area contributed by atoms with Crippen molar-refractivity contribution in [2.75, 3.05) is 0 Å². The average molecular weight is 503 g/mol. The molecule has 4 nitrogen and oxygen atoms in total. The number of hydrogen-bond donors (Lipinski definition) is 1. The van der Waals surface area contributed by atoms with Crippen molar-refractivity contribution < 1.29 is 14.6 Å². The molecule has 3 aromatic carbocycles. The first-order chi connectivity index (χ1) is 14.4. The van der Waals surface area contributed by atoms with E-state index < -0.39 is 5.97 Å². The molecule has 3 aromatic rings. The molecule has 30 heavy (non-hydrogen) atoms. The molecule has 0 unspecified atom stereocenters. The molecule has 3 rings (SSSR count). The molecular formula is C23H14BrCl2NO3. The predicted molar refractivity (Wildman–Crippen MR) is 122 cm³/mol. The second-order valence-corrected chi connectivity index (χ2v) is 7.95. The Morgan fingerprint density at radius 3 is 2.33 bits per heavy atom. The summed E-state index contributed by atoms with van der Waals surface area (Å²) < 4.78 is 6.57. The van der Waals surface area contributed by atoms with E-state index in [-0.39, 0.29) is 5.56 Å². The lowest BCUT2D eigenvalue weighted by Gasteiger charge is -2.10. The Kier molecular flexibility index (Phi) is 7.17. The van der Waals surface area contributed by atoms with Crippen LogP contribution in [0.5, 0.6) is 5.75 Å². The van der Waals surface area contributed by atoms with Gasteiger partial charge in [0.05, 0.1) is 31.7 Å². The van der Waals surface area contributed by atoms with Crippen LogP contribution in [-0.2, 0) is 6.61 Å². The number of ether oxygens (including phenoxy) is 1. The quantitative estimate of drug-likeness (QED) is 0.288. The molecule has 150 valence electrons. The fourth-order valence-electron chi connectivity index (χ4n) is 2.65. The fraction of sp³-hybridized carbons (Fsp3) is 0.0435. The molecule has 0 saturated carbocycles. The van der Waals surface area contributed by atoms with Crippen molar-refractivity contribution in [3.63, 3.8) is 0 Å². The number of carboxylic acid groups (broad SMARTS) is 1. The largest absolute Gasteiger partial charge is 0.488 e. The summed E-state index contributed by atoms with van der Waals surface area (Å²) in [5.41, 5.74) is 2.91. The second kappa shape index (κ2) is 9.82. The summed E-state index contributed by atoms with van der Waals surface area (Å²) in [6, 6.07) is 19.1. The van der Waals surface area contributed by atoms with Crippen LogP contribution >= 0.6 is 39.1 Å². The Bertz CT molecular complexity index is 1170. The second-order valence-electron chi connectivity index (χ2n) is 6.28. The minimum atomic E-state index is -1.01.